The van der Waals surface area contributed by atoms with Gasteiger partial charge < -0.3 is 14.9 Å². The van der Waals surface area contributed by atoms with E-state index < -0.39 is 0 Å². The van der Waals surface area contributed by atoms with Gasteiger partial charge >= 0.3 is 0 Å². The van der Waals surface area contributed by atoms with Gasteiger partial charge in [0, 0.05) is 38.1 Å². The van der Waals surface area contributed by atoms with Crippen molar-refractivity contribution in [2.45, 2.75) is 38.3 Å². The summed E-state index contributed by atoms with van der Waals surface area (Å²) in [6.07, 6.45) is 9.40. The Labute approximate surface area is 193 Å². The van der Waals surface area contributed by atoms with Crippen LogP contribution in [0.4, 0.5) is 0 Å². The lowest BCUT2D eigenvalue weighted by atomic mass is 9.91. The van der Waals surface area contributed by atoms with Crippen LogP contribution in [0.3, 0.4) is 0 Å². The van der Waals surface area contributed by atoms with Crippen LogP contribution in [-0.4, -0.2) is 61.3 Å². The molecule has 3 heterocycles. The van der Waals surface area contributed by atoms with Gasteiger partial charge in [-0.3, -0.25) is 14.7 Å². The SMILES string of the molecule is CN(CCc1cnc[nH]1)C(=O)c1cccc2[nH]c(CN(C)C3CCCc4cccnc43)nc12. The van der Waals surface area contributed by atoms with E-state index in [1.165, 1.54) is 11.3 Å². The van der Waals surface area contributed by atoms with Gasteiger partial charge in [-0.05, 0) is 50.1 Å². The number of nitrogens with zero attached hydrogens (tertiary/aromatic N) is 5. The van der Waals surface area contributed by atoms with Crippen LogP contribution in [0.15, 0.2) is 49.1 Å². The van der Waals surface area contributed by atoms with E-state index in [9.17, 15) is 4.79 Å². The van der Waals surface area contributed by atoms with Gasteiger partial charge in [0.25, 0.3) is 5.91 Å². The highest BCUT2D eigenvalue weighted by molar-refractivity contribution is 6.04. The number of hydrogen-bond acceptors (Lipinski definition) is 5. The van der Waals surface area contributed by atoms with Crippen molar-refractivity contribution < 1.29 is 4.79 Å². The molecule has 0 saturated heterocycles. The summed E-state index contributed by atoms with van der Waals surface area (Å²) in [6.45, 7) is 1.27. The number of hydrogen-bond donors (Lipinski definition) is 2. The monoisotopic (exact) mass is 443 g/mol. The number of rotatable bonds is 7. The van der Waals surface area contributed by atoms with Crippen molar-refractivity contribution in [2.24, 2.45) is 0 Å². The van der Waals surface area contributed by atoms with Crippen molar-refractivity contribution in [3.63, 3.8) is 0 Å². The molecule has 1 aliphatic carbocycles. The van der Waals surface area contributed by atoms with E-state index >= 15 is 0 Å². The molecule has 0 saturated carbocycles. The van der Waals surface area contributed by atoms with Crippen LogP contribution in [0.1, 0.15) is 52.0 Å². The lowest BCUT2D eigenvalue weighted by Crippen LogP contribution is -2.29. The summed E-state index contributed by atoms with van der Waals surface area (Å²) in [6, 6.07) is 10.2. The summed E-state index contributed by atoms with van der Waals surface area (Å²) >= 11 is 0. The molecule has 33 heavy (non-hydrogen) atoms. The lowest BCUT2D eigenvalue weighted by Gasteiger charge is -2.31. The number of benzene rings is 1. The number of pyridine rings is 1. The fraction of sp³-hybridized carbons (Fsp3) is 0.360. The number of aryl methyl sites for hydroxylation is 1. The fourth-order valence-corrected chi connectivity index (χ4v) is 4.71. The van der Waals surface area contributed by atoms with Gasteiger partial charge in [0.1, 0.15) is 11.3 Å². The van der Waals surface area contributed by atoms with Crippen molar-refractivity contribution in [1.29, 1.82) is 0 Å². The first kappa shape index (κ1) is 21.3. The molecular weight excluding hydrogens is 414 g/mol. The third-order valence-electron chi connectivity index (χ3n) is 6.51. The number of aromatic nitrogens is 5. The van der Waals surface area contributed by atoms with Crippen molar-refractivity contribution in [3.05, 3.63) is 77.4 Å². The number of aromatic amines is 2. The van der Waals surface area contributed by atoms with Crippen LogP contribution in [0.25, 0.3) is 11.0 Å². The molecule has 0 bridgehead atoms. The van der Waals surface area contributed by atoms with Crippen LogP contribution < -0.4 is 0 Å². The van der Waals surface area contributed by atoms with Gasteiger partial charge in [0.15, 0.2) is 0 Å². The van der Waals surface area contributed by atoms with E-state index in [0.29, 0.717) is 18.7 Å². The minimum absolute atomic E-state index is 0.0306. The number of nitrogens with one attached hydrogen (secondary N) is 2. The third-order valence-corrected chi connectivity index (χ3v) is 6.51. The number of likely N-dealkylation sites (N-methyl/N-ethyl adjacent to an activating group) is 1. The molecule has 170 valence electrons. The van der Waals surface area contributed by atoms with Crippen LogP contribution in [0.2, 0.25) is 0 Å². The molecule has 0 spiro atoms. The lowest BCUT2D eigenvalue weighted by molar-refractivity contribution is 0.0798. The van der Waals surface area contributed by atoms with Crippen LogP contribution in [-0.2, 0) is 19.4 Å². The Hall–Kier alpha value is -3.52. The minimum atomic E-state index is -0.0306. The van der Waals surface area contributed by atoms with Crippen LogP contribution in [0, 0.1) is 0 Å². The highest BCUT2D eigenvalue weighted by Gasteiger charge is 2.26. The second-order valence-corrected chi connectivity index (χ2v) is 8.81. The quantitative estimate of drug-likeness (QED) is 0.456. The number of H-pyrrole nitrogens is 2. The number of fused-ring (bicyclic) bond motifs is 2. The minimum Gasteiger partial charge on any atom is -0.348 e. The maximum atomic E-state index is 13.2. The Morgan fingerprint density at radius 1 is 1.21 bits per heavy atom. The molecule has 1 amide bonds. The Kier molecular flexibility index (Phi) is 5.92. The van der Waals surface area contributed by atoms with Crippen LogP contribution in [0.5, 0.6) is 0 Å². The molecule has 1 unspecified atom stereocenters. The fourth-order valence-electron chi connectivity index (χ4n) is 4.71. The topological polar surface area (TPSA) is 93.8 Å². The predicted octanol–water partition coefficient (Wildman–Crippen LogP) is 3.51. The van der Waals surface area contributed by atoms with Gasteiger partial charge in [-0.2, -0.15) is 0 Å². The molecule has 2 N–H and O–H groups in total. The predicted molar refractivity (Wildman–Crippen MR) is 127 cm³/mol. The number of amides is 1. The maximum Gasteiger partial charge on any atom is 0.255 e. The molecule has 1 aromatic carbocycles. The Bertz CT molecular complexity index is 1250. The van der Waals surface area contributed by atoms with Crippen LogP contribution >= 0.6 is 0 Å². The Morgan fingerprint density at radius 2 is 2.12 bits per heavy atom. The smallest absolute Gasteiger partial charge is 0.255 e. The molecule has 0 aliphatic heterocycles. The number of carbonyl (C=O) groups excluding carboxylic acids is 1. The normalized spacial score (nSPS) is 15.7. The van der Waals surface area contributed by atoms with E-state index in [1.807, 2.05) is 37.5 Å². The average molecular weight is 444 g/mol. The van der Waals surface area contributed by atoms with E-state index in [2.05, 4.69) is 37.9 Å². The zero-order chi connectivity index (χ0) is 22.8. The number of carbonyl (C=O) groups is 1. The van der Waals surface area contributed by atoms with E-state index in [0.717, 1.165) is 48.2 Å². The molecule has 4 aromatic rings. The molecule has 1 atom stereocenters. The largest absolute Gasteiger partial charge is 0.348 e. The van der Waals surface area contributed by atoms with E-state index in [-0.39, 0.29) is 11.9 Å². The highest BCUT2D eigenvalue weighted by atomic mass is 16.2. The van der Waals surface area contributed by atoms with Gasteiger partial charge in [-0.1, -0.05) is 12.1 Å². The number of imidazole rings is 2. The molecular formula is C25H29N7O. The highest BCUT2D eigenvalue weighted by Crippen LogP contribution is 2.32. The van der Waals surface area contributed by atoms with Crippen molar-refractivity contribution in [3.8, 4) is 0 Å². The molecule has 0 fully saturated rings. The maximum absolute atomic E-state index is 13.2. The molecule has 0 radical (unpaired) electrons. The van der Waals surface area contributed by atoms with Crippen molar-refractivity contribution in [2.75, 3.05) is 20.6 Å². The second-order valence-electron chi connectivity index (χ2n) is 8.81. The summed E-state index contributed by atoms with van der Waals surface area (Å²) in [5, 5.41) is 0. The molecule has 8 nitrogen and oxygen atoms in total. The first-order valence-electron chi connectivity index (χ1n) is 11.4. The zero-order valence-corrected chi connectivity index (χ0v) is 19.1. The number of para-hydroxylation sites is 1. The Morgan fingerprint density at radius 3 is 2.97 bits per heavy atom. The standard InChI is InChI=1S/C25H29N7O/c1-31(13-11-18-14-26-16-28-18)25(33)19-8-4-9-20-24(19)30-22(29-20)15-32(2)21-10-3-6-17-7-5-12-27-23(17)21/h4-5,7-9,12,14,16,21H,3,6,10-11,13,15H2,1-2H3,(H,26,28)(H,29,30). The Balaban J connectivity index is 1.33. The zero-order valence-electron chi connectivity index (χ0n) is 19.1. The summed E-state index contributed by atoms with van der Waals surface area (Å²) in [5.41, 5.74) is 5.76. The van der Waals surface area contributed by atoms with Gasteiger partial charge in [-0.25, -0.2) is 9.97 Å². The van der Waals surface area contributed by atoms with Crippen molar-refractivity contribution >= 4 is 16.9 Å². The van der Waals surface area contributed by atoms with E-state index in [4.69, 9.17) is 4.98 Å². The molecule has 5 rings (SSSR count). The average Bonchev–Trinajstić information content (AvgIpc) is 3.51. The summed E-state index contributed by atoms with van der Waals surface area (Å²) in [4.78, 5) is 37.2. The van der Waals surface area contributed by atoms with Gasteiger partial charge in [0.2, 0.25) is 0 Å². The second kappa shape index (κ2) is 9.15. The third kappa shape index (κ3) is 4.39. The summed E-state index contributed by atoms with van der Waals surface area (Å²) in [5.74, 6) is 0.827. The molecule has 3 aromatic heterocycles. The van der Waals surface area contributed by atoms with Gasteiger partial charge in [0.05, 0.1) is 35.7 Å². The first-order valence-corrected chi connectivity index (χ1v) is 11.4. The summed E-state index contributed by atoms with van der Waals surface area (Å²) in [7, 11) is 3.95. The van der Waals surface area contributed by atoms with Crippen molar-refractivity contribution in [1.82, 2.24) is 34.7 Å². The first-order chi connectivity index (χ1) is 16.1. The molecule has 1 aliphatic rings. The summed E-state index contributed by atoms with van der Waals surface area (Å²) < 4.78 is 0. The van der Waals surface area contributed by atoms with Gasteiger partial charge in [-0.15, -0.1) is 0 Å². The van der Waals surface area contributed by atoms with E-state index in [1.54, 1.807) is 17.4 Å². The molecule has 8 heteroatoms.